The van der Waals surface area contributed by atoms with E-state index >= 15 is 0 Å². The molecule has 0 radical (unpaired) electrons. The van der Waals surface area contributed by atoms with E-state index in [0.29, 0.717) is 11.2 Å². The molecule has 2 rings (SSSR count). The van der Waals surface area contributed by atoms with Gasteiger partial charge in [0.25, 0.3) is 0 Å². The Balaban J connectivity index is 2.25. The van der Waals surface area contributed by atoms with Crippen LogP contribution in [0.25, 0.3) is 0 Å². The number of nitrogens with zero attached hydrogens (tertiary/aromatic N) is 1. The van der Waals surface area contributed by atoms with Gasteiger partial charge in [0.15, 0.2) is 0 Å². The van der Waals surface area contributed by atoms with Gasteiger partial charge in [-0.05, 0) is 0 Å². The van der Waals surface area contributed by atoms with E-state index in [-0.39, 0.29) is 11.3 Å². The minimum atomic E-state index is -0.0163. The molecule has 0 amide bonds. The molecule has 0 aromatic rings. The van der Waals surface area contributed by atoms with Gasteiger partial charge >= 0.3 is 0 Å². The van der Waals surface area contributed by atoms with Crippen LogP contribution >= 0.6 is 11.8 Å². The van der Waals surface area contributed by atoms with Crippen molar-refractivity contribution < 1.29 is 0 Å². The van der Waals surface area contributed by atoms with Gasteiger partial charge in [-0.25, -0.2) is 0 Å². The van der Waals surface area contributed by atoms with Crippen molar-refractivity contribution in [3.05, 3.63) is 24.3 Å². The fraction of sp³-hybridized carbons (Fsp3) is 0.444. The monoisotopic (exact) mass is 178 g/mol. The minimum absolute atomic E-state index is 0.0128. The van der Waals surface area contributed by atoms with E-state index < -0.39 is 0 Å². The predicted molar refractivity (Wildman–Crippen MR) is 50.2 cm³/mol. The lowest BCUT2D eigenvalue weighted by Crippen LogP contribution is -2.24. The third-order valence-electron chi connectivity index (χ3n) is 2.36. The molecule has 2 N–H and O–H groups in total. The van der Waals surface area contributed by atoms with E-state index in [1.165, 1.54) is 0 Å². The lowest BCUT2D eigenvalue weighted by molar-refractivity contribution is 0.517. The van der Waals surface area contributed by atoms with Gasteiger partial charge < -0.3 is 5.73 Å². The van der Waals surface area contributed by atoms with Gasteiger partial charge in [0.05, 0.1) is 17.4 Å². The molecule has 1 heterocycles. The number of hydrogen-bond donors (Lipinski definition) is 1. The van der Waals surface area contributed by atoms with Gasteiger partial charge in [0.2, 0.25) is 0 Å². The summed E-state index contributed by atoms with van der Waals surface area (Å²) in [6, 6.07) is 2.28. The first kappa shape index (κ1) is 7.90. The highest BCUT2D eigenvalue weighted by Gasteiger charge is 2.40. The minimum Gasteiger partial charge on any atom is -0.318 e. The van der Waals surface area contributed by atoms with E-state index in [2.05, 4.69) is 18.2 Å². The van der Waals surface area contributed by atoms with Crippen LogP contribution in [0.3, 0.4) is 0 Å². The highest BCUT2D eigenvalue weighted by atomic mass is 32.2. The van der Waals surface area contributed by atoms with E-state index in [1.807, 2.05) is 12.2 Å². The number of hydrogen-bond acceptors (Lipinski definition) is 3. The molecule has 1 aliphatic heterocycles. The molecule has 4 atom stereocenters. The lowest BCUT2D eigenvalue weighted by atomic mass is 9.88. The fourth-order valence-corrected chi connectivity index (χ4v) is 3.11. The molecule has 1 aliphatic carbocycles. The maximum absolute atomic E-state index is 8.87. The normalized spacial score (nSPS) is 44.0. The molecule has 12 heavy (non-hydrogen) atoms. The molecule has 0 spiro atoms. The van der Waals surface area contributed by atoms with Crippen LogP contribution in [0.15, 0.2) is 24.3 Å². The zero-order chi connectivity index (χ0) is 8.55. The molecular weight excluding hydrogens is 168 g/mol. The molecule has 2 aliphatic rings. The van der Waals surface area contributed by atoms with Crippen molar-refractivity contribution >= 4 is 11.8 Å². The number of rotatable bonds is 0. The van der Waals surface area contributed by atoms with Crippen molar-refractivity contribution in [2.24, 2.45) is 17.6 Å². The van der Waals surface area contributed by atoms with Crippen LogP contribution in [0.4, 0.5) is 0 Å². The highest BCUT2D eigenvalue weighted by Crippen LogP contribution is 2.43. The van der Waals surface area contributed by atoms with E-state index in [0.717, 1.165) is 0 Å². The molecular formula is C9H10N2S. The Morgan fingerprint density at radius 1 is 1.33 bits per heavy atom. The Bertz CT molecular complexity index is 277. The zero-order valence-corrected chi connectivity index (χ0v) is 7.37. The smallest absolute Gasteiger partial charge is 0.0784 e. The summed E-state index contributed by atoms with van der Waals surface area (Å²) in [5, 5.41) is 9.28. The fourth-order valence-electron chi connectivity index (χ4n) is 1.71. The first-order valence-electron chi connectivity index (χ1n) is 3.98. The standard InChI is InChI=1S/C9H10N2S/c10-5-7-6-3-1-2-4-8(6)12-9(7)11/h1-4,6-9H,11H2. The molecule has 4 unspecified atom stereocenters. The van der Waals surface area contributed by atoms with Crippen LogP contribution in [0.1, 0.15) is 0 Å². The molecule has 0 aromatic heterocycles. The molecule has 0 saturated carbocycles. The summed E-state index contributed by atoms with van der Waals surface area (Å²) >= 11 is 1.70. The summed E-state index contributed by atoms with van der Waals surface area (Å²) in [4.78, 5) is 0. The predicted octanol–water partition coefficient (Wildman–Crippen LogP) is 1.27. The van der Waals surface area contributed by atoms with Crippen LogP contribution in [-0.4, -0.2) is 10.6 Å². The van der Waals surface area contributed by atoms with E-state index in [9.17, 15) is 0 Å². The molecule has 2 nitrogen and oxygen atoms in total. The van der Waals surface area contributed by atoms with Crippen molar-refractivity contribution in [1.29, 1.82) is 5.26 Å². The summed E-state index contributed by atoms with van der Waals surface area (Å²) in [6.45, 7) is 0. The quantitative estimate of drug-likeness (QED) is 0.607. The topological polar surface area (TPSA) is 49.8 Å². The van der Waals surface area contributed by atoms with Gasteiger partial charge in [-0.2, -0.15) is 5.26 Å². The Kier molecular flexibility index (Phi) is 1.95. The Morgan fingerprint density at radius 3 is 2.83 bits per heavy atom. The number of fused-ring (bicyclic) bond motifs is 1. The average molecular weight is 178 g/mol. The third kappa shape index (κ3) is 1.08. The number of thioether (sulfide) groups is 1. The van der Waals surface area contributed by atoms with E-state index in [1.54, 1.807) is 11.8 Å². The number of nitrogens with two attached hydrogens (primary N) is 1. The second-order valence-corrected chi connectivity index (χ2v) is 4.43. The van der Waals surface area contributed by atoms with Crippen LogP contribution in [-0.2, 0) is 0 Å². The third-order valence-corrected chi connectivity index (χ3v) is 3.75. The van der Waals surface area contributed by atoms with Crippen molar-refractivity contribution in [2.75, 3.05) is 0 Å². The summed E-state index contributed by atoms with van der Waals surface area (Å²) < 4.78 is 0. The van der Waals surface area contributed by atoms with Crippen molar-refractivity contribution in [3.63, 3.8) is 0 Å². The highest BCUT2D eigenvalue weighted by molar-refractivity contribution is 8.00. The maximum atomic E-state index is 8.87. The van der Waals surface area contributed by atoms with Crippen LogP contribution in [0.5, 0.6) is 0 Å². The summed E-state index contributed by atoms with van der Waals surface area (Å²) in [5.74, 6) is 0.321. The second-order valence-electron chi connectivity index (χ2n) is 3.07. The van der Waals surface area contributed by atoms with Gasteiger partial charge in [0, 0.05) is 11.2 Å². The Morgan fingerprint density at radius 2 is 2.08 bits per heavy atom. The molecule has 1 saturated heterocycles. The van der Waals surface area contributed by atoms with Crippen LogP contribution in [0.2, 0.25) is 0 Å². The van der Waals surface area contributed by atoms with Crippen LogP contribution in [0, 0.1) is 23.2 Å². The molecule has 1 fully saturated rings. The number of allylic oxidation sites excluding steroid dienone is 3. The van der Waals surface area contributed by atoms with Gasteiger partial charge in [-0.1, -0.05) is 24.3 Å². The number of nitriles is 1. The maximum Gasteiger partial charge on any atom is 0.0784 e. The van der Waals surface area contributed by atoms with Crippen molar-refractivity contribution in [3.8, 4) is 6.07 Å². The first-order chi connectivity index (χ1) is 5.83. The largest absolute Gasteiger partial charge is 0.318 e. The second kappa shape index (κ2) is 2.96. The lowest BCUT2D eigenvalue weighted by Gasteiger charge is -2.15. The summed E-state index contributed by atoms with van der Waals surface area (Å²) in [7, 11) is 0. The SMILES string of the molecule is N#CC1C(N)SC2C=CC=CC21. The summed E-state index contributed by atoms with van der Waals surface area (Å²) in [6.07, 6.45) is 8.26. The Labute approximate surface area is 76.1 Å². The van der Waals surface area contributed by atoms with Gasteiger partial charge in [0.1, 0.15) is 0 Å². The van der Waals surface area contributed by atoms with Gasteiger partial charge in [-0.15, -0.1) is 11.8 Å². The van der Waals surface area contributed by atoms with Crippen LogP contribution < -0.4 is 5.73 Å². The first-order valence-corrected chi connectivity index (χ1v) is 4.93. The molecule has 0 aromatic carbocycles. The molecule has 62 valence electrons. The summed E-state index contributed by atoms with van der Waals surface area (Å²) in [5.41, 5.74) is 5.82. The molecule has 0 bridgehead atoms. The van der Waals surface area contributed by atoms with Gasteiger partial charge in [-0.3, -0.25) is 0 Å². The van der Waals surface area contributed by atoms with Crippen molar-refractivity contribution in [2.45, 2.75) is 10.6 Å². The van der Waals surface area contributed by atoms with Crippen molar-refractivity contribution in [1.82, 2.24) is 0 Å². The van der Waals surface area contributed by atoms with E-state index in [4.69, 9.17) is 11.0 Å². The zero-order valence-electron chi connectivity index (χ0n) is 6.55. The molecule has 3 heteroatoms. The average Bonchev–Trinajstić information content (AvgIpc) is 2.40. The Hall–Kier alpha value is -0.720.